The maximum atomic E-state index is 3.51. The number of piperidine rings is 1. The standard InChI is InChI=1S/C10H21N/c1-8(2)9-5-10(3,4)7-11-6-9/h8-9,11H,5-7H2,1-4H3. The summed E-state index contributed by atoms with van der Waals surface area (Å²) in [6, 6.07) is 0. The minimum atomic E-state index is 0.521. The molecule has 11 heavy (non-hydrogen) atoms. The van der Waals surface area contributed by atoms with Gasteiger partial charge in [-0.3, -0.25) is 0 Å². The van der Waals surface area contributed by atoms with Crippen LogP contribution in [0.2, 0.25) is 0 Å². The highest BCUT2D eigenvalue weighted by Crippen LogP contribution is 2.31. The topological polar surface area (TPSA) is 12.0 Å². The molecule has 0 spiro atoms. The fourth-order valence-corrected chi connectivity index (χ4v) is 1.92. The molecular formula is C10H21N. The van der Waals surface area contributed by atoms with Crippen LogP contribution in [0.25, 0.3) is 0 Å². The smallest absolute Gasteiger partial charge is 0.000275 e. The van der Waals surface area contributed by atoms with Crippen molar-refractivity contribution in [1.82, 2.24) is 5.32 Å². The van der Waals surface area contributed by atoms with E-state index in [-0.39, 0.29) is 0 Å². The predicted octanol–water partition coefficient (Wildman–Crippen LogP) is 2.28. The van der Waals surface area contributed by atoms with Gasteiger partial charge in [0.1, 0.15) is 0 Å². The average molecular weight is 155 g/mol. The third-order valence-electron chi connectivity index (χ3n) is 2.77. The molecule has 1 aliphatic heterocycles. The van der Waals surface area contributed by atoms with Crippen LogP contribution in [0, 0.1) is 17.3 Å². The molecular weight excluding hydrogens is 134 g/mol. The van der Waals surface area contributed by atoms with Gasteiger partial charge < -0.3 is 5.32 Å². The second-order valence-electron chi connectivity index (χ2n) is 5.00. The molecule has 0 bridgehead atoms. The van der Waals surface area contributed by atoms with Gasteiger partial charge in [-0.2, -0.15) is 0 Å². The molecule has 1 atom stereocenters. The lowest BCUT2D eigenvalue weighted by Gasteiger charge is -2.37. The van der Waals surface area contributed by atoms with Gasteiger partial charge >= 0.3 is 0 Å². The number of nitrogens with one attached hydrogen (secondary N) is 1. The average Bonchev–Trinajstić information content (AvgIpc) is 1.85. The number of rotatable bonds is 1. The van der Waals surface area contributed by atoms with Crippen LogP contribution in [0.1, 0.15) is 34.1 Å². The Balaban J connectivity index is 2.46. The summed E-state index contributed by atoms with van der Waals surface area (Å²) in [7, 11) is 0. The van der Waals surface area contributed by atoms with Crippen LogP contribution >= 0.6 is 0 Å². The van der Waals surface area contributed by atoms with E-state index in [1.54, 1.807) is 0 Å². The number of hydrogen-bond acceptors (Lipinski definition) is 1. The summed E-state index contributed by atoms with van der Waals surface area (Å²) in [5, 5.41) is 3.51. The van der Waals surface area contributed by atoms with E-state index in [0.717, 1.165) is 11.8 Å². The molecule has 0 radical (unpaired) electrons. The minimum absolute atomic E-state index is 0.521. The first-order valence-corrected chi connectivity index (χ1v) is 4.72. The van der Waals surface area contributed by atoms with Gasteiger partial charge in [0, 0.05) is 6.54 Å². The molecule has 1 fully saturated rings. The van der Waals surface area contributed by atoms with Gasteiger partial charge in [0.25, 0.3) is 0 Å². The summed E-state index contributed by atoms with van der Waals surface area (Å²) in [5.74, 6) is 1.72. The summed E-state index contributed by atoms with van der Waals surface area (Å²) in [6.45, 7) is 11.8. The summed E-state index contributed by atoms with van der Waals surface area (Å²) in [5.41, 5.74) is 0.521. The normalized spacial score (nSPS) is 30.8. The van der Waals surface area contributed by atoms with Gasteiger partial charge in [0.15, 0.2) is 0 Å². The molecule has 1 heteroatoms. The fourth-order valence-electron chi connectivity index (χ4n) is 1.92. The Hall–Kier alpha value is -0.0400. The third-order valence-corrected chi connectivity index (χ3v) is 2.77. The van der Waals surface area contributed by atoms with Gasteiger partial charge in [-0.25, -0.2) is 0 Å². The predicted molar refractivity (Wildman–Crippen MR) is 49.6 cm³/mol. The van der Waals surface area contributed by atoms with Crippen LogP contribution in [-0.2, 0) is 0 Å². The molecule has 66 valence electrons. The Labute approximate surface area is 70.6 Å². The Kier molecular flexibility index (Phi) is 2.58. The van der Waals surface area contributed by atoms with Crippen molar-refractivity contribution in [1.29, 1.82) is 0 Å². The van der Waals surface area contributed by atoms with E-state index < -0.39 is 0 Å². The van der Waals surface area contributed by atoms with Crippen molar-refractivity contribution in [3.05, 3.63) is 0 Å². The zero-order valence-electron chi connectivity index (χ0n) is 8.28. The van der Waals surface area contributed by atoms with E-state index in [2.05, 4.69) is 33.0 Å². The minimum Gasteiger partial charge on any atom is -0.316 e. The Bertz CT molecular complexity index is 127. The lowest BCUT2D eigenvalue weighted by molar-refractivity contribution is 0.165. The van der Waals surface area contributed by atoms with Crippen molar-refractivity contribution in [3.63, 3.8) is 0 Å². The van der Waals surface area contributed by atoms with Gasteiger partial charge in [-0.05, 0) is 30.2 Å². The molecule has 1 saturated heterocycles. The van der Waals surface area contributed by atoms with Gasteiger partial charge in [0.05, 0.1) is 0 Å². The summed E-state index contributed by atoms with van der Waals surface area (Å²) in [4.78, 5) is 0. The van der Waals surface area contributed by atoms with Gasteiger partial charge in [-0.1, -0.05) is 27.7 Å². The monoisotopic (exact) mass is 155 g/mol. The van der Waals surface area contributed by atoms with Crippen LogP contribution in [0.5, 0.6) is 0 Å². The molecule has 0 aromatic heterocycles. The second-order valence-corrected chi connectivity index (χ2v) is 5.00. The summed E-state index contributed by atoms with van der Waals surface area (Å²) >= 11 is 0. The van der Waals surface area contributed by atoms with Crippen molar-refractivity contribution >= 4 is 0 Å². The Morgan fingerprint density at radius 2 is 2.00 bits per heavy atom. The molecule has 0 aromatic rings. The molecule has 1 unspecified atom stereocenters. The van der Waals surface area contributed by atoms with Crippen LogP contribution in [0.3, 0.4) is 0 Å². The van der Waals surface area contributed by atoms with Gasteiger partial charge in [0.2, 0.25) is 0 Å². The molecule has 1 rings (SSSR count). The Morgan fingerprint density at radius 1 is 1.36 bits per heavy atom. The quantitative estimate of drug-likeness (QED) is 0.612. The molecule has 1 aliphatic rings. The van der Waals surface area contributed by atoms with Crippen molar-refractivity contribution in [2.45, 2.75) is 34.1 Å². The summed E-state index contributed by atoms with van der Waals surface area (Å²) in [6.07, 6.45) is 1.39. The highest BCUT2D eigenvalue weighted by atomic mass is 14.9. The fraction of sp³-hybridized carbons (Fsp3) is 1.00. The van der Waals surface area contributed by atoms with E-state index in [1.165, 1.54) is 19.5 Å². The number of hydrogen-bond donors (Lipinski definition) is 1. The van der Waals surface area contributed by atoms with Crippen LogP contribution in [-0.4, -0.2) is 13.1 Å². The van der Waals surface area contributed by atoms with Crippen molar-refractivity contribution in [2.75, 3.05) is 13.1 Å². The maximum absolute atomic E-state index is 3.51. The highest BCUT2D eigenvalue weighted by Gasteiger charge is 2.28. The van der Waals surface area contributed by atoms with Crippen LogP contribution < -0.4 is 5.32 Å². The lowest BCUT2D eigenvalue weighted by Crippen LogP contribution is -2.42. The van der Waals surface area contributed by atoms with Gasteiger partial charge in [-0.15, -0.1) is 0 Å². The second kappa shape index (κ2) is 3.14. The van der Waals surface area contributed by atoms with E-state index in [1.807, 2.05) is 0 Å². The molecule has 0 amide bonds. The molecule has 0 aliphatic carbocycles. The zero-order valence-corrected chi connectivity index (χ0v) is 8.28. The summed E-state index contributed by atoms with van der Waals surface area (Å²) < 4.78 is 0. The van der Waals surface area contributed by atoms with Crippen molar-refractivity contribution in [2.24, 2.45) is 17.3 Å². The first-order chi connectivity index (χ1) is 5.01. The first-order valence-electron chi connectivity index (χ1n) is 4.72. The maximum Gasteiger partial charge on any atom is 0.000275 e. The van der Waals surface area contributed by atoms with Crippen molar-refractivity contribution < 1.29 is 0 Å². The molecule has 0 aromatic carbocycles. The van der Waals surface area contributed by atoms with Crippen LogP contribution in [0.4, 0.5) is 0 Å². The molecule has 0 saturated carbocycles. The van der Waals surface area contributed by atoms with E-state index in [0.29, 0.717) is 5.41 Å². The van der Waals surface area contributed by atoms with Crippen LogP contribution in [0.15, 0.2) is 0 Å². The third kappa shape index (κ3) is 2.48. The molecule has 1 N–H and O–H groups in total. The van der Waals surface area contributed by atoms with Crippen molar-refractivity contribution in [3.8, 4) is 0 Å². The first kappa shape index (κ1) is 9.05. The Morgan fingerprint density at radius 3 is 2.36 bits per heavy atom. The lowest BCUT2D eigenvalue weighted by atomic mass is 9.75. The SMILES string of the molecule is CC(C)C1CNCC(C)(C)C1. The largest absolute Gasteiger partial charge is 0.316 e. The highest BCUT2D eigenvalue weighted by molar-refractivity contribution is 4.83. The van der Waals surface area contributed by atoms with E-state index in [4.69, 9.17) is 0 Å². The molecule has 1 nitrogen and oxygen atoms in total. The van der Waals surface area contributed by atoms with E-state index in [9.17, 15) is 0 Å². The zero-order chi connectivity index (χ0) is 8.48. The molecule has 1 heterocycles. The van der Waals surface area contributed by atoms with E-state index >= 15 is 0 Å².